The molecular weight excluding hydrogens is 450 g/mol. The first-order valence-electron chi connectivity index (χ1n) is 12.2. The maximum atomic E-state index is 13.1. The van der Waals surface area contributed by atoms with Crippen LogP contribution in [0.2, 0.25) is 0 Å². The van der Waals surface area contributed by atoms with Gasteiger partial charge in [0.15, 0.2) is 0 Å². The summed E-state index contributed by atoms with van der Waals surface area (Å²) in [6, 6.07) is 7.93. The predicted octanol–water partition coefficient (Wildman–Crippen LogP) is 1.48. The minimum atomic E-state index is -1.02. The largest absolute Gasteiger partial charge is 0.463 e. The van der Waals surface area contributed by atoms with Crippen molar-refractivity contribution in [1.29, 1.82) is 0 Å². The number of benzene rings is 1. The number of carbonyl (C=O) groups is 4. The van der Waals surface area contributed by atoms with Crippen LogP contribution in [-0.2, 0) is 23.9 Å². The van der Waals surface area contributed by atoms with E-state index in [-0.39, 0.29) is 38.4 Å². The molecule has 1 aromatic carbocycles. The number of aliphatic hydroxyl groups excluding tert-OH is 1. The van der Waals surface area contributed by atoms with Gasteiger partial charge in [-0.05, 0) is 38.2 Å². The molecule has 3 unspecified atom stereocenters. The van der Waals surface area contributed by atoms with Crippen molar-refractivity contribution in [3.63, 3.8) is 0 Å². The molecule has 1 aromatic rings. The first kappa shape index (κ1) is 26.4. The summed E-state index contributed by atoms with van der Waals surface area (Å²) in [4.78, 5) is 53.3. The Balaban J connectivity index is 1.82. The van der Waals surface area contributed by atoms with E-state index in [1.807, 2.05) is 30.3 Å². The number of aliphatic hydroxyl groups is 1. The molecule has 0 radical (unpaired) electrons. The number of hydrogen-bond donors (Lipinski definition) is 3. The molecule has 0 aliphatic carbocycles. The van der Waals surface area contributed by atoms with Crippen molar-refractivity contribution in [1.82, 2.24) is 15.5 Å². The predicted molar refractivity (Wildman–Crippen MR) is 129 cm³/mol. The fourth-order valence-corrected chi connectivity index (χ4v) is 4.25. The van der Waals surface area contributed by atoms with Gasteiger partial charge in [0.25, 0.3) is 0 Å². The van der Waals surface area contributed by atoms with Gasteiger partial charge in [0, 0.05) is 25.6 Å². The number of hydrogen-bond acceptors (Lipinski definition) is 6. The van der Waals surface area contributed by atoms with E-state index in [4.69, 9.17) is 4.74 Å². The molecule has 1 saturated heterocycles. The molecule has 190 valence electrons. The lowest BCUT2D eigenvalue weighted by Crippen LogP contribution is -2.46. The van der Waals surface area contributed by atoms with Crippen LogP contribution in [0.4, 0.5) is 0 Å². The SMILES string of the molecule is C[C@H](CO)NC(=O)C1CC=CCC(CC(=O)N2CCCC2)C(=O)OCC(c2ccccc2)NC1=O. The highest BCUT2D eigenvalue weighted by Crippen LogP contribution is 2.21. The van der Waals surface area contributed by atoms with Gasteiger partial charge in [-0.1, -0.05) is 42.5 Å². The smallest absolute Gasteiger partial charge is 0.309 e. The molecule has 3 amide bonds. The zero-order chi connectivity index (χ0) is 25.2. The first-order chi connectivity index (χ1) is 16.9. The minimum absolute atomic E-state index is 0.0590. The zero-order valence-electron chi connectivity index (χ0n) is 20.2. The second-order valence-corrected chi connectivity index (χ2v) is 9.18. The maximum absolute atomic E-state index is 13.1. The first-order valence-corrected chi connectivity index (χ1v) is 12.2. The number of carbonyl (C=O) groups excluding carboxylic acids is 4. The molecule has 35 heavy (non-hydrogen) atoms. The molecule has 3 rings (SSSR count). The molecule has 0 saturated carbocycles. The second kappa shape index (κ2) is 13.0. The van der Waals surface area contributed by atoms with E-state index >= 15 is 0 Å². The van der Waals surface area contributed by atoms with Crippen LogP contribution in [0.15, 0.2) is 42.5 Å². The number of ether oxygens (including phenoxy) is 1. The Morgan fingerprint density at radius 2 is 1.83 bits per heavy atom. The summed E-state index contributed by atoms with van der Waals surface area (Å²) in [7, 11) is 0. The summed E-state index contributed by atoms with van der Waals surface area (Å²) in [5, 5.41) is 14.8. The van der Waals surface area contributed by atoms with Crippen LogP contribution in [0, 0.1) is 11.8 Å². The molecule has 0 spiro atoms. The number of nitrogens with one attached hydrogen (secondary N) is 2. The van der Waals surface area contributed by atoms with Crippen LogP contribution in [0.3, 0.4) is 0 Å². The Bertz CT molecular complexity index is 913. The summed E-state index contributed by atoms with van der Waals surface area (Å²) in [5.41, 5.74) is 0.730. The van der Waals surface area contributed by atoms with Crippen molar-refractivity contribution in [2.45, 2.75) is 51.1 Å². The summed E-state index contributed by atoms with van der Waals surface area (Å²) in [5.74, 6) is -3.20. The van der Waals surface area contributed by atoms with Crippen LogP contribution in [0.25, 0.3) is 0 Å². The highest BCUT2D eigenvalue weighted by atomic mass is 16.5. The van der Waals surface area contributed by atoms with Crippen molar-refractivity contribution in [3.05, 3.63) is 48.0 Å². The summed E-state index contributed by atoms with van der Waals surface area (Å²) < 4.78 is 5.59. The van der Waals surface area contributed by atoms with Crippen molar-refractivity contribution < 1.29 is 29.0 Å². The monoisotopic (exact) mass is 485 g/mol. The fraction of sp³-hybridized carbons (Fsp3) is 0.538. The molecule has 2 aliphatic heterocycles. The van der Waals surface area contributed by atoms with E-state index in [1.54, 1.807) is 24.0 Å². The standard InChI is InChI=1S/C26H35N3O6/c1-18(16-30)27-24(32)21-12-6-5-11-20(15-23(31)29-13-7-8-14-29)26(34)35-17-22(28-25(21)33)19-9-3-2-4-10-19/h2-6,9-10,18,20-22,30H,7-8,11-17H2,1H3,(H,27,32)(H,28,33)/t18-,20?,21?,22?/m1/s1. The Hall–Kier alpha value is -3.20. The van der Waals surface area contributed by atoms with Crippen LogP contribution in [0.5, 0.6) is 0 Å². The van der Waals surface area contributed by atoms with Crippen LogP contribution < -0.4 is 10.6 Å². The van der Waals surface area contributed by atoms with Crippen molar-refractivity contribution in [2.75, 3.05) is 26.3 Å². The number of esters is 1. The van der Waals surface area contributed by atoms with Gasteiger partial charge in [-0.25, -0.2) is 0 Å². The number of rotatable bonds is 6. The van der Waals surface area contributed by atoms with Crippen LogP contribution in [-0.4, -0.2) is 66.0 Å². The molecule has 3 N–H and O–H groups in total. The van der Waals surface area contributed by atoms with Gasteiger partial charge < -0.3 is 25.4 Å². The van der Waals surface area contributed by atoms with E-state index in [1.165, 1.54) is 0 Å². The van der Waals surface area contributed by atoms with Gasteiger partial charge in [-0.15, -0.1) is 0 Å². The number of cyclic esters (lactones) is 1. The van der Waals surface area contributed by atoms with E-state index < -0.39 is 41.7 Å². The Labute approximate surface area is 205 Å². The number of allylic oxidation sites excluding steroid dienone is 2. The average molecular weight is 486 g/mol. The summed E-state index contributed by atoms with van der Waals surface area (Å²) in [6.45, 7) is 2.71. The Morgan fingerprint density at radius 1 is 1.14 bits per heavy atom. The second-order valence-electron chi connectivity index (χ2n) is 9.18. The van der Waals surface area contributed by atoms with E-state index in [9.17, 15) is 24.3 Å². The van der Waals surface area contributed by atoms with Gasteiger partial charge in [-0.3, -0.25) is 19.2 Å². The average Bonchev–Trinajstić information content (AvgIpc) is 3.40. The molecule has 1 fully saturated rings. The lowest BCUT2D eigenvalue weighted by atomic mass is 9.97. The number of likely N-dealkylation sites (tertiary alicyclic amines) is 1. The van der Waals surface area contributed by atoms with Crippen molar-refractivity contribution in [3.8, 4) is 0 Å². The topological polar surface area (TPSA) is 125 Å². The summed E-state index contributed by atoms with van der Waals surface area (Å²) in [6.07, 6.45) is 5.81. The molecule has 4 atom stereocenters. The minimum Gasteiger partial charge on any atom is -0.463 e. The molecule has 9 heteroatoms. The normalized spacial score (nSPS) is 24.5. The van der Waals surface area contributed by atoms with Crippen molar-refractivity contribution in [2.24, 2.45) is 11.8 Å². The van der Waals surface area contributed by atoms with Gasteiger partial charge in [-0.2, -0.15) is 0 Å². The molecule has 2 aliphatic rings. The lowest BCUT2D eigenvalue weighted by Gasteiger charge is -2.25. The molecule has 9 nitrogen and oxygen atoms in total. The van der Waals surface area contributed by atoms with E-state index in [0.717, 1.165) is 18.4 Å². The molecule has 0 bridgehead atoms. The highest BCUT2D eigenvalue weighted by Gasteiger charge is 2.31. The van der Waals surface area contributed by atoms with Crippen LogP contribution >= 0.6 is 0 Å². The van der Waals surface area contributed by atoms with Gasteiger partial charge in [0.05, 0.1) is 18.6 Å². The maximum Gasteiger partial charge on any atom is 0.309 e. The molecule has 2 heterocycles. The van der Waals surface area contributed by atoms with Gasteiger partial charge in [0.2, 0.25) is 17.7 Å². The van der Waals surface area contributed by atoms with Crippen LogP contribution in [0.1, 0.15) is 50.6 Å². The molecule has 0 aromatic heterocycles. The van der Waals surface area contributed by atoms with Gasteiger partial charge >= 0.3 is 5.97 Å². The number of amides is 3. The van der Waals surface area contributed by atoms with E-state index in [0.29, 0.717) is 13.1 Å². The Kier molecular flexibility index (Phi) is 9.84. The quantitative estimate of drug-likeness (QED) is 0.318. The van der Waals surface area contributed by atoms with Gasteiger partial charge in [0.1, 0.15) is 12.5 Å². The van der Waals surface area contributed by atoms with Crippen molar-refractivity contribution >= 4 is 23.7 Å². The molecular formula is C26H35N3O6. The van der Waals surface area contributed by atoms with E-state index in [2.05, 4.69) is 10.6 Å². The zero-order valence-corrected chi connectivity index (χ0v) is 20.2. The fourth-order valence-electron chi connectivity index (χ4n) is 4.25. The third-order valence-corrected chi connectivity index (χ3v) is 6.38. The third kappa shape index (κ3) is 7.65. The number of nitrogens with zero attached hydrogens (tertiary/aromatic N) is 1. The lowest BCUT2D eigenvalue weighted by molar-refractivity contribution is -0.152. The third-order valence-electron chi connectivity index (χ3n) is 6.38. The highest BCUT2D eigenvalue weighted by molar-refractivity contribution is 6.00. The summed E-state index contributed by atoms with van der Waals surface area (Å²) >= 11 is 0. The Morgan fingerprint density at radius 3 is 2.51 bits per heavy atom.